The molecule has 1 N–H and O–H groups in total. The van der Waals surface area contributed by atoms with Gasteiger partial charge < -0.3 is 15.0 Å². The molecule has 0 aliphatic carbocycles. The molecule has 1 aromatic carbocycles. The van der Waals surface area contributed by atoms with E-state index in [1.165, 1.54) is 16.3 Å². The number of carbonyl (C=O) groups excluding carboxylic acids is 1. The number of fused-ring (bicyclic) bond motifs is 2. The summed E-state index contributed by atoms with van der Waals surface area (Å²) < 4.78 is 85.2. The van der Waals surface area contributed by atoms with Crippen LogP contribution in [0, 0.1) is 0 Å². The Morgan fingerprint density at radius 3 is 2.92 bits per heavy atom. The van der Waals surface area contributed by atoms with Crippen LogP contribution in [0.5, 0.6) is 5.88 Å². The summed E-state index contributed by atoms with van der Waals surface area (Å²) in [6, 6.07) is 5.47. The Morgan fingerprint density at radius 2 is 2.19 bits per heavy atom. The maximum absolute atomic E-state index is 14.9. The Labute approximate surface area is 212 Å². The van der Waals surface area contributed by atoms with Crippen LogP contribution in [0.15, 0.2) is 30.5 Å². The van der Waals surface area contributed by atoms with Gasteiger partial charge in [0.15, 0.2) is 0 Å². The third-order valence-corrected chi connectivity index (χ3v) is 6.25. The highest BCUT2D eigenvalue weighted by atomic mass is 19.3. The molecule has 1 aliphatic rings. The topological polar surface area (TPSA) is 102 Å². The van der Waals surface area contributed by atoms with Crippen molar-refractivity contribution in [3.63, 3.8) is 0 Å². The number of likely N-dealkylation sites (tertiary alicyclic amines) is 1. The van der Waals surface area contributed by atoms with Crippen molar-refractivity contribution in [3.05, 3.63) is 30.5 Å². The zero-order chi connectivity index (χ0) is 28.8. The van der Waals surface area contributed by atoms with E-state index in [2.05, 4.69) is 25.7 Å². The Bertz CT molecular complexity index is 1560. The standard InChI is InChI=1S/C23H24F4N8O2/c1-13(36)33-8-6-18(23(26,27)12-33)28-22-29-21(37-2)20-15(5-9-35(20)31-22)14-3-4-16-17(11-14)34(32-30-16)10-7-19(24)25/h3-5,9,11,18-19H,6-8,10,12H2,1-2H3,(H,28,31)/t18-/m1/s1/i1D3. The number of nitrogens with zero attached hydrogens (tertiary/aromatic N) is 7. The van der Waals surface area contributed by atoms with Crippen molar-refractivity contribution in [3.8, 4) is 17.0 Å². The first-order valence-corrected chi connectivity index (χ1v) is 11.4. The molecule has 0 bridgehead atoms. The normalized spacial score (nSPS) is 19.1. The molecule has 1 atom stereocenters. The SMILES string of the molecule is [2H]C([2H])([2H])C(=O)N1CC[C@@H](Nc2nc(OC)c3c(-c4ccc5nnn(CCC(F)F)c5c4)ccn3n2)C(F)(F)C1. The van der Waals surface area contributed by atoms with Gasteiger partial charge in [0.1, 0.15) is 11.0 Å². The maximum atomic E-state index is 14.9. The summed E-state index contributed by atoms with van der Waals surface area (Å²) in [6.45, 7) is -4.25. The number of carbonyl (C=O) groups is 1. The van der Waals surface area contributed by atoms with Crippen molar-refractivity contribution >= 4 is 28.4 Å². The number of aromatic nitrogens is 6. The predicted octanol–water partition coefficient (Wildman–Crippen LogP) is 3.47. The van der Waals surface area contributed by atoms with E-state index in [0.717, 1.165) is 0 Å². The van der Waals surface area contributed by atoms with E-state index in [-0.39, 0.29) is 37.8 Å². The molecule has 4 heterocycles. The first-order valence-electron chi connectivity index (χ1n) is 12.9. The van der Waals surface area contributed by atoms with Gasteiger partial charge in [-0.2, -0.15) is 4.98 Å². The molecular formula is C23H24F4N8O2. The van der Waals surface area contributed by atoms with Crippen LogP contribution in [0.1, 0.15) is 23.8 Å². The first-order chi connectivity index (χ1) is 18.9. The maximum Gasteiger partial charge on any atom is 0.285 e. The molecule has 1 fully saturated rings. The van der Waals surface area contributed by atoms with Crippen molar-refractivity contribution in [1.82, 2.24) is 34.5 Å². The van der Waals surface area contributed by atoms with Gasteiger partial charge in [-0.25, -0.2) is 26.8 Å². The minimum Gasteiger partial charge on any atom is -0.479 e. The van der Waals surface area contributed by atoms with Crippen LogP contribution < -0.4 is 10.1 Å². The summed E-state index contributed by atoms with van der Waals surface area (Å²) in [7, 11) is 1.36. The first kappa shape index (κ1) is 21.1. The molecular weight excluding hydrogens is 496 g/mol. The smallest absolute Gasteiger partial charge is 0.285 e. The molecule has 1 amide bonds. The van der Waals surface area contributed by atoms with Crippen molar-refractivity contribution < 1.29 is 31.2 Å². The molecule has 37 heavy (non-hydrogen) atoms. The fourth-order valence-electron chi connectivity index (χ4n) is 4.39. The molecule has 0 spiro atoms. The molecule has 1 aliphatic heterocycles. The van der Waals surface area contributed by atoms with Gasteiger partial charge in [-0.1, -0.05) is 11.3 Å². The lowest BCUT2D eigenvalue weighted by atomic mass is 10.0. The highest BCUT2D eigenvalue weighted by Crippen LogP contribution is 2.34. The van der Waals surface area contributed by atoms with Crippen molar-refractivity contribution in [2.24, 2.45) is 0 Å². The molecule has 0 unspecified atom stereocenters. The zero-order valence-corrected chi connectivity index (χ0v) is 19.5. The lowest BCUT2D eigenvalue weighted by Crippen LogP contribution is -2.55. The van der Waals surface area contributed by atoms with Gasteiger partial charge in [0.25, 0.3) is 5.92 Å². The molecule has 14 heteroatoms. The molecule has 4 aromatic rings. The Hall–Kier alpha value is -3.97. The van der Waals surface area contributed by atoms with Crippen LogP contribution in [-0.4, -0.2) is 79.0 Å². The zero-order valence-electron chi connectivity index (χ0n) is 22.5. The fraction of sp³-hybridized carbons (Fsp3) is 0.435. The van der Waals surface area contributed by atoms with Crippen LogP contribution in [0.25, 0.3) is 27.7 Å². The van der Waals surface area contributed by atoms with Gasteiger partial charge in [-0.15, -0.1) is 10.2 Å². The monoisotopic (exact) mass is 523 g/mol. The Morgan fingerprint density at radius 1 is 1.35 bits per heavy atom. The lowest BCUT2D eigenvalue weighted by molar-refractivity contribution is -0.140. The van der Waals surface area contributed by atoms with E-state index in [1.54, 1.807) is 30.5 Å². The van der Waals surface area contributed by atoms with E-state index >= 15 is 0 Å². The number of alkyl halides is 4. The molecule has 3 aromatic heterocycles. The van der Waals surface area contributed by atoms with E-state index in [9.17, 15) is 22.4 Å². The second-order valence-corrected chi connectivity index (χ2v) is 8.64. The summed E-state index contributed by atoms with van der Waals surface area (Å²) in [6.07, 6.45) is -1.50. The largest absolute Gasteiger partial charge is 0.479 e. The lowest BCUT2D eigenvalue weighted by Gasteiger charge is -2.38. The second kappa shape index (κ2) is 9.48. The summed E-state index contributed by atoms with van der Waals surface area (Å²) >= 11 is 0. The van der Waals surface area contributed by atoms with E-state index in [1.807, 2.05) is 0 Å². The Balaban J connectivity index is 1.42. The highest BCUT2D eigenvalue weighted by molar-refractivity contribution is 5.89. The van der Waals surface area contributed by atoms with Crippen LogP contribution in [0.3, 0.4) is 0 Å². The molecule has 0 radical (unpaired) electrons. The third-order valence-electron chi connectivity index (χ3n) is 6.25. The molecule has 10 nitrogen and oxygen atoms in total. The van der Waals surface area contributed by atoms with Crippen molar-refractivity contribution in [1.29, 1.82) is 0 Å². The van der Waals surface area contributed by atoms with Crippen LogP contribution in [0.4, 0.5) is 23.5 Å². The third kappa shape index (κ3) is 4.74. The minimum absolute atomic E-state index is 0.0104. The van der Waals surface area contributed by atoms with Crippen molar-refractivity contribution in [2.75, 3.05) is 25.5 Å². The molecule has 196 valence electrons. The number of aryl methyl sites for hydroxylation is 1. The number of piperidine rings is 1. The van der Waals surface area contributed by atoms with Gasteiger partial charge in [0.05, 0.1) is 25.2 Å². The highest BCUT2D eigenvalue weighted by Gasteiger charge is 2.45. The quantitative estimate of drug-likeness (QED) is 0.370. The van der Waals surface area contributed by atoms with Crippen LogP contribution >= 0.6 is 0 Å². The molecule has 0 saturated carbocycles. The van der Waals surface area contributed by atoms with Gasteiger partial charge in [-0.05, 0) is 30.2 Å². The number of hydrogen-bond donors (Lipinski definition) is 1. The number of nitrogens with one attached hydrogen (secondary N) is 1. The van der Waals surface area contributed by atoms with Crippen LogP contribution in [0.2, 0.25) is 0 Å². The predicted molar refractivity (Wildman–Crippen MR) is 126 cm³/mol. The van der Waals surface area contributed by atoms with Gasteiger partial charge >= 0.3 is 0 Å². The van der Waals surface area contributed by atoms with Crippen molar-refractivity contribution in [2.45, 2.75) is 44.6 Å². The van der Waals surface area contributed by atoms with Gasteiger partial charge in [0, 0.05) is 42.2 Å². The summed E-state index contributed by atoms with van der Waals surface area (Å²) in [5.41, 5.74) is 2.83. The number of amides is 1. The molecule has 5 rings (SSSR count). The number of ether oxygens (including phenoxy) is 1. The molecule has 1 saturated heterocycles. The van der Waals surface area contributed by atoms with Gasteiger partial charge in [-0.3, -0.25) is 4.79 Å². The number of halogens is 4. The minimum atomic E-state index is -3.46. The van der Waals surface area contributed by atoms with E-state index in [4.69, 9.17) is 8.85 Å². The number of anilines is 1. The summed E-state index contributed by atoms with van der Waals surface area (Å²) in [4.78, 5) is 16.9. The van der Waals surface area contributed by atoms with E-state index in [0.29, 0.717) is 32.6 Å². The number of hydrogen-bond acceptors (Lipinski definition) is 7. The fourth-order valence-corrected chi connectivity index (χ4v) is 4.39. The summed E-state index contributed by atoms with van der Waals surface area (Å²) in [5.74, 6) is -4.85. The average Bonchev–Trinajstić information content (AvgIpc) is 3.50. The number of methoxy groups -OCH3 is 1. The Kier molecular flexibility index (Phi) is 5.42. The summed E-state index contributed by atoms with van der Waals surface area (Å²) in [5, 5.41) is 14.9. The van der Waals surface area contributed by atoms with Gasteiger partial charge in [0.2, 0.25) is 24.2 Å². The van der Waals surface area contributed by atoms with E-state index < -0.39 is 37.7 Å². The number of rotatable bonds is 7. The number of benzene rings is 1. The second-order valence-electron chi connectivity index (χ2n) is 8.64. The average molecular weight is 524 g/mol. The van der Waals surface area contributed by atoms with Crippen LogP contribution in [-0.2, 0) is 11.3 Å².